The van der Waals surface area contributed by atoms with Crippen molar-refractivity contribution in [3.05, 3.63) is 29.3 Å². The summed E-state index contributed by atoms with van der Waals surface area (Å²) in [7, 11) is 1.59. The molecule has 5 heteroatoms. The Morgan fingerprint density at radius 3 is 2.60 bits per heavy atom. The van der Waals surface area contributed by atoms with Crippen LogP contribution < -0.4 is 5.32 Å². The van der Waals surface area contributed by atoms with Crippen molar-refractivity contribution in [3.63, 3.8) is 0 Å². The number of nitrogens with zero attached hydrogens (tertiary/aromatic N) is 1. The van der Waals surface area contributed by atoms with Crippen molar-refractivity contribution in [1.82, 2.24) is 4.90 Å². The summed E-state index contributed by atoms with van der Waals surface area (Å²) >= 11 is 0. The Kier molecular flexibility index (Phi) is 5.55. The van der Waals surface area contributed by atoms with Crippen LogP contribution in [-0.4, -0.2) is 35.6 Å². The minimum absolute atomic E-state index is 0.174. The Labute approximate surface area is 119 Å². The molecule has 20 heavy (non-hydrogen) atoms. The number of carboxylic acid groups (broad SMARTS) is 1. The van der Waals surface area contributed by atoms with Gasteiger partial charge in [0.2, 0.25) is 0 Å². The van der Waals surface area contributed by atoms with E-state index in [1.54, 1.807) is 14.0 Å². The Balaban J connectivity index is 2.68. The third kappa shape index (κ3) is 4.26. The average molecular weight is 278 g/mol. The standard InChI is InChI=1S/C15H22N2O3/c1-5-12-8-13(7-6-10(12)2)16-15(20)17(4)9-11(3)14(18)19/h6-8,11H,5,9H2,1-4H3,(H,16,20)(H,18,19). The van der Waals surface area contributed by atoms with E-state index in [9.17, 15) is 9.59 Å². The van der Waals surface area contributed by atoms with Gasteiger partial charge in [-0.3, -0.25) is 4.79 Å². The van der Waals surface area contributed by atoms with Gasteiger partial charge in [0.25, 0.3) is 0 Å². The van der Waals surface area contributed by atoms with E-state index in [-0.39, 0.29) is 12.6 Å². The van der Waals surface area contributed by atoms with Gasteiger partial charge < -0.3 is 15.3 Å². The topological polar surface area (TPSA) is 69.6 Å². The van der Waals surface area contributed by atoms with E-state index < -0.39 is 11.9 Å². The van der Waals surface area contributed by atoms with Crippen LogP contribution in [0.2, 0.25) is 0 Å². The average Bonchev–Trinajstić information content (AvgIpc) is 2.40. The van der Waals surface area contributed by atoms with Gasteiger partial charge in [0.1, 0.15) is 0 Å². The normalized spacial score (nSPS) is 11.8. The number of carbonyl (C=O) groups is 2. The number of nitrogens with one attached hydrogen (secondary N) is 1. The fourth-order valence-electron chi connectivity index (χ4n) is 1.92. The van der Waals surface area contributed by atoms with Gasteiger partial charge in [-0.15, -0.1) is 0 Å². The Hall–Kier alpha value is -2.04. The van der Waals surface area contributed by atoms with E-state index in [2.05, 4.69) is 12.2 Å². The minimum Gasteiger partial charge on any atom is -0.481 e. The molecule has 0 radical (unpaired) electrons. The van der Waals surface area contributed by atoms with E-state index in [4.69, 9.17) is 5.11 Å². The lowest BCUT2D eigenvalue weighted by Gasteiger charge is -2.20. The first-order valence-electron chi connectivity index (χ1n) is 6.69. The van der Waals surface area contributed by atoms with Crippen LogP contribution in [0.25, 0.3) is 0 Å². The second-order valence-electron chi connectivity index (χ2n) is 5.04. The van der Waals surface area contributed by atoms with E-state index in [0.717, 1.165) is 12.1 Å². The van der Waals surface area contributed by atoms with Crippen molar-refractivity contribution in [2.45, 2.75) is 27.2 Å². The van der Waals surface area contributed by atoms with Crippen LogP contribution in [0.4, 0.5) is 10.5 Å². The first-order chi connectivity index (χ1) is 9.35. The summed E-state index contributed by atoms with van der Waals surface area (Å²) in [6, 6.07) is 5.46. The number of benzene rings is 1. The van der Waals surface area contributed by atoms with E-state index >= 15 is 0 Å². The van der Waals surface area contributed by atoms with Crippen molar-refractivity contribution < 1.29 is 14.7 Å². The Bertz CT molecular complexity index is 500. The van der Waals surface area contributed by atoms with Gasteiger partial charge >= 0.3 is 12.0 Å². The summed E-state index contributed by atoms with van der Waals surface area (Å²) in [5.41, 5.74) is 3.11. The lowest BCUT2D eigenvalue weighted by molar-refractivity contribution is -0.141. The maximum absolute atomic E-state index is 12.0. The molecule has 0 spiro atoms. The Morgan fingerprint density at radius 1 is 1.40 bits per heavy atom. The van der Waals surface area contributed by atoms with Crippen LogP contribution in [-0.2, 0) is 11.2 Å². The van der Waals surface area contributed by atoms with Crippen LogP contribution in [0.3, 0.4) is 0 Å². The molecular weight excluding hydrogens is 256 g/mol. The van der Waals surface area contributed by atoms with Crippen molar-refractivity contribution in [2.24, 2.45) is 5.92 Å². The number of hydrogen-bond donors (Lipinski definition) is 2. The van der Waals surface area contributed by atoms with Crippen molar-refractivity contribution in [2.75, 3.05) is 18.9 Å². The molecule has 2 N–H and O–H groups in total. The number of hydrogen-bond acceptors (Lipinski definition) is 2. The number of urea groups is 1. The highest BCUT2D eigenvalue weighted by molar-refractivity contribution is 5.89. The number of anilines is 1. The monoisotopic (exact) mass is 278 g/mol. The molecule has 1 atom stereocenters. The van der Waals surface area contributed by atoms with Gasteiger partial charge in [-0.1, -0.05) is 19.9 Å². The molecule has 2 amide bonds. The van der Waals surface area contributed by atoms with E-state index in [0.29, 0.717) is 0 Å². The maximum atomic E-state index is 12.0. The third-order valence-electron chi connectivity index (χ3n) is 3.30. The highest BCUT2D eigenvalue weighted by Gasteiger charge is 2.17. The summed E-state index contributed by atoms with van der Waals surface area (Å²) < 4.78 is 0. The fraction of sp³-hybridized carbons (Fsp3) is 0.467. The molecule has 0 saturated carbocycles. The molecule has 0 aliphatic heterocycles. The van der Waals surface area contributed by atoms with Gasteiger partial charge in [0, 0.05) is 19.3 Å². The number of amides is 2. The lowest BCUT2D eigenvalue weighted by Crippen LogP contribution is -2.36. The van der Waals surface area contributed by atoms with Crippen LogP contribution in [0.1, 0.15) is 25.0 Å². The zero-order valence-electron chi connectivity index (χ0n) is 12.4. The summed E-state index contributed by atoms with van der Waals surface area (Å²) in [5, 5.41) is 11.6. The molecule has 1 aromatic carbocycles. The number of carbonyl (C=O) groups excluding carboxylic acids is 1. The Morgan fingerprint density at radius 2 is 2.05 bits per heavy atom. The molecule has 0 aromatic heterocycles. The first-order valence-corrected chi connectivity index (χ1v) is 6.69. The number of aryl methyl sites for hydroxylation is 2. The summed E-state index contributed by atoms with van der Waals surface area (Å²) in [6.07, 6.45) is 0.904. The molecule has 5 nitrogen and oxygen atoms in total. The quantitative estimate of drug-likeness (QED) is 0.870. The molecule has 1 unspecified atom stereocenters. The zero-order valence-corrected chi connectivity index (χ0v) is 12.4. The number of rotatable bonds is 5. The van der Waals surface area contributed by atoms with Crippen molar-refractivity contribution in [3.8, 4) is 0 Å². The van der Waals surface area contributed by atoms with Gasteiger partial charge in [-0.25, -0.2) is 4.79 Å². The minimum atomic E-state index is -0.909. The SMILES string of the molecule is CCc1cc(NC(=O)N(C)CC(C)C(=O)O)ccc1C. The van der Waals surface area contributed by atoms with Gasteiger partial charge in [0.15, 0.2) is 0 Å². The molecule has 0 fully saturated rings. The van der Waals surface area contributed by atoms with Crippen molar-refractivity contribution >= 4 is 17.7 Å². The molecule has 1 rings (SSSR count). The van der Waals surface area contributed by atoms with Gasteiger partial charge in [-0.05, 0) is 36.6 Å². The van der Waals surface area contributed by atoms with Crippen LogP contribution in [0, 0.1) is 12.8 Å². The highest BCUT2D eigenvalue weighted by atomic mass is 16.4. The van der Waals surface area contributed by atoms with Crippen LogP contribution >= 0.6 is 0 Å². The van der Waals surface area contributed by atoms with Gasteiger partial charge in [0.05, 0.1) is 5.92 Å². The first kappa shape index (κ1) is 16.0. The van der Waals surface area contributed by atoms with Crippen LogP contribution in [0.5, 0.6) is 0 Å². The summed E-state index contributed by atoms with van der Waals surface area (Å²) in [4.78, 5) is 24.1. The second-order valence-corrected chi connectivity index (χ2v) is 5.04. The predicted octanol–water partition coefficient (Wildman–Crippen LogP) is 2.74. The zero-order chi connectivity index (χ0) is 15.3. The molecule has 0 saturated heterocycles. The lowest BCUT2D eigenvalue weighted by atomic mass is 10.1. The van der Waals surface area contributed by atoms with Crippen LogP contribution in [0.15, 0.2) is 18.2 Å². The summed E-state index contributed by atoms with van der Waals surface area (Å²) in [5.74, 6) is -1.50. The molecular formula is C15H22N2O3. The summed E-state index contributed by atoms with van der Waals surface area (Å²) in [6.45, 7) is 5.85. The van der Waals surface area contributed by atoms with Crippen molar-refractivity contribution in [1.29, 1.82) is 0 Å². The highest BCUT2D eigenvalue weighted by Crippen LogP contribution is 2.16. The molecule has 0 bridgehead atoms. The fourth-order valence-corrected chi connectivity index (χ4v) is 1.92. The molecule has 0 heterocycles. The third-order valence-corrected chi connectivity index (χ3v) is 3.30. The largest absolute Gasteiger partial charge is 0.481 e. The predicted molar refractivity (Wildman–Crippen MR) is 79.0 cm³/mol. The second kappa shape index (κ2) is 6.93. The molecule has 0 aliphatic rings. The van der Waals surface area contributed by atoms with Gasteiger partial charge in [-0.2, -0.15) is 0 Å². The maximum Gasteiger partial charge on any atom is 0.321 e. The smallest absolute Gasteiger partial charge is 0.321 e. The number of aliphatic carboxylic acids is 1. The molecule has 1 aromatic rings. The van der Waals surface area contributed by atoms with E-state index in [1.165, 1.54) is 16.0 Å². The molecule has 110 valence electrons. The number of carboxylic acids is 1. The van der Waals surface area contributed by atoms with E-state index in [1.807, 2.05) is 25.1 Å². The molecule has 0 aliphatic carbocycles.